The normalized spacial score (nSPS) is 10.6. The highest BCUT2D eigenvalue weighted by Crippen LogP contribution is 2.26. The van der Waals surface area contributed by atoms with Crippen LogP contribution >= 0.6 is 23.2 Å². The van der Waals surface area contributed by atoms with Crippen LogP contribution in [0.5, 0.6) is 0 Å². The molecule has 0 aliphatic carbocycles. The van der Waals surface area contributed by atoms with Gasteiger partial charge >= 0.3 is 0 Å². The molecule has 1 aromatic carbocycles. The molecule has 0 amide bonds. The standard InChI is InChI=1S/C10H7Cl2O/c11-9-6-3-5-8(10(9)12)4-1-2-7-13/h1,3-6H,2H2/b4-1+. The van der Waals surface area contributed by atoms with Gasteiger partial charge in [-0.05, 0) is 11.6 Å². The number of carbonyl (C=O) groups excluding carboxylic acids is 1. The Hall–Kier alpha value is -0.790. The van der Waals surface area contributed by atoms with Gasteiger partial charge in [0, 0.05) is 6.42 Å². The molecule has 0 saturated heterocycles. The number of benzene rings is 1. The summed E-state index contributed by atoms with van der Waals surface area (Å²) in [7, 11) is 0. The number of hydrogen-bond donors (Lipinski definition) is 0. The zero-order valence-electron chi connectivity index (χ0n) is 6.76. The smallest absolute Gasteiger partial charge is 0.202 e. The van der Waals surface area contributed by atoms with Gasteiger partial charge in [-0.15, -0.1) is 0 Å². The van der Waals surface area contributed by atoms with Crippen LogP contribution in [0.1, 0.15) is 12.0 Å². The molecule has 1 aromatic rings. The Bertz CT molecular complexity index is 332. The van der Waals surface area contributed by atoms with Crippen molar-refractivity contribution in [1.82, 2.24) is 0 Å². The lowest BCUT2D eigenvalue weighted by molar-refractivity contribution is 0.556. The van der Waals surface area contributed by atoms with Crippen molar-refractivity contribution in [1.29, 1.82) is 0 Å². The van der Waals surface area contributed by atoms with Crippen LogP contribution in [0.4, 0.5) is 0 Å². The third kappa shape index (κ3) is 2.87. The fourth-order valence-electron chi connectivity index (χ4n) is 0.883. The van der Waals surface area contributed by atoms with E-state index in [9.17, 15) is 4.79 Å². The monoisotopic (exact) mass is 213 g/mol. The first kappa shape index (κ1) is 10.3. The zero-order valence-corrected chi connectivity index (χ0v) is 8.27. The van der Waals surface area contributed by atoms with Crippen LogP contribution in [-0.4, -0.2) is 6.29 Å². The van der Waals surface area contributed by atoms with E-state index in [1.807, 2.05) is 6.07 Å². The quantitative estimate of drug-likeness (QED) is 0.752. The van der Waals surface area contributed by atoms with E-state index in [4.69, 9.17) is 23.2 Å². The van der Waals surface area contributed by atoms with Crippen molar-refractivity contribution in [3.63, 3.8) is 0 Å². The van der Waals surface area contributed by atoms with E-state index in [2.05, 4.69) is 0 Å². The van der Waals surface area contributed by atoms with Crippen LogP contribution in [-0.2, 0) is 4.79 Å². The van der Waals surface area contributed by atoms with E-state index in [0.717, 1.165) is 5.56 Å². The van der Waals surface area contributed by atoms with Crippen molar-refractivity contribution in [3.8, 4) is 0 Å². The molecule has 0 heterocycles. The summed E-state index contributed by atoms with van der Waals surface area (Å²) in [5, 5.41) is 1.02. The highest BCUT2D eigenvalue weighted by molar-refractivity contribution is 6.42. The molecule has 0 fully saturated rings. The minimum absolute atomic E-state index is 0.267. The molecule has 0 bridgehead atoms. The molecule has 0 atom stereocenters. The second-order valence-electron chi connectivity index (χ2n) is 2.39. The lowest BCUT2D eigenvalue weighted by Gasteiger charge is -1.98. The minimum atomic E-state index is 0.267. The Morgan fingerprint density at radius 3 is 2.85 bits per heavy atom. The third-order valence-corrected chi connectivity index (χ3v) is 2.31. The van der Waals surface area contributed by atoms with Crippen molar-refractivity contribution in [2.45, 2.75) is 6.42 Å². The summed E-state index contributed by atoms with van der Waals surface area (Å²) >= 11 is 11.7. The lowest BCUT2D eigenvalue weighted by Crippen LogP contribution is -1.76. The molecule has 0 aliphatic heterocycles. The molecule has 3 heteroatoms. The van der Waals surface area contributed by atoms with E-state index in [1.54, 1.807) is 30.6 Å². The van der Waals surface area contributed by atoms with Crippen LogP contribution in [0.15, 0.2) is 24.3 Å². The highest BCUT2D eigenvalue weighted by Gasteiger charge is 1.99. The van der Waals surface area contributed by atoms with Crippen LogP contribution in [0, 0.1) is 0 Å². The van der Waals surface area contributed by atoms with E-state index in [0.29, 0.717) is 10.0 Å². The minimum Gasteiger partial charge on any atom is -0.291 e. The molecule has 67 valence electrons. The highest BCUT2D eigenvalue weighted by atomic mass is 35.5. The van der Waals surface area contributed by atoms with Crippen molar-refractivity contribution < 1.29 is 4.79 Å². The SMILES string of the molecule is O=[C]C/C=C/c1cccc(Cl)c1Cl. The Balaban J connectivity index is 2.88. The largest absolute Gasteiger partial charge is 0.291 e. The fraction of sp³-hybridized carbons (Fsp3) is 0.100. The van der Waals surface area contributed by atoms with Crippen LogP contribution in [0.2, 0.25) is 10.0 Å². The molecule has 0 N–H and O–H groups in total. The topological polar surface area (TPSA) is 17.1 Å². The average Bonchev–Trinajstić information content (AvgIpc) is 2.13. The second kappa shape index (κ2) is 5.05. The molecule has 0 aliphatic rings. The fourth-order valence-corrected chi connectivity index (χ4v) is 1.25. The van der Waals surface area contributed by atoms with E-state index in [-0.39, 0.29) is 6.42 Å². The van der Waals surface area contributed by atoms with Crippen LogP contribution < -0.4 is 0 Å². The van der Waals surface area contributed by atoms with E-state index in [1.165, 1.54) is 0 Å². The van der Waals surface area contributed by atoms with Gasteiger partial charge in [-0.25, -0.2) is 0 Å². The summed E-state index contributed by atoms with van der Waals surface area (Å²) in [6, 6.07) is 5.35. The number of halogens is 2. The first-order chi connectivity index (χ1) is 6.25. The molecule has 0 aromatic heterocycles. The van der Waals surface area contributed by atoms with Gasteiger partial charge in [0.15, 0.2) is 0 Å². The zero-order chi connectivity index (χ0) is 9.68. The van der Waals surface area contributed by atoms with Crippen molar-refractivity contribution in [3.05, 3.63) is 39.9 Å². The van der Waals surface area contributed by atoms with Gasteiger partial charge in [-0.1, -0.05) is 47.5 Å². The molecule has 0 spiro atoms. The van der Waals surface area contributed by atoms with Gasteiger partial charge in [0.2, 0.25) is 6.29 Å². The van der Waals surface area contributed by atoms with E-state index >= 15 is 0 Å². The van der Waals surface area contributed by atoms with Gasteiger partial charge in [-0.3, -0.25) is 4.79 Å². The molecular formula is C10H7Cl2O. The lowest BCUT2D eigenvalue weighted by atomic mass is 10.2. The van der Waals surface area contributed by atoms with Gasteiger partial charge in [0.25, 0.3) is 0 Å². The molecule has 1 rings (SSSR count). The Morgan fingerprint density at radius 2 is 2.15 bits per heavy atom. The number of rotatable bonds is 3. The third-order valence-electron chi connectivity index (χ3n) is 1.48. The van der Waals surface area contributed by atoms with Gasteiger partial charge in [0.05, 0.1) is 10.0 Å². The predicted octanol–water partition coefficient (Wildman–Crippen LogP) is 3.51. The van der Waals surface area contributed by atoms with Crippen molar-refractivity contribution in [2.24, 2.45) is 0 Å². The summed E-state index contributed by atoms with van der Waals surface area (Å²) in [6.45, 7) is 0. The molecule has 13 heavy (non-hydrogen) atoms. The molecule has 1 nitrogen and oxygen atoms in total. The Kier molecular flexibility index (Phi) is 4.00. The summed E-state index contributed by atoms with van der Waals surface area (Å²) in [6.07, 6.45) is 5.46. The predicted molar refractivity (Wildman–Crippen MR) is 55.8 cm³/mol. The summed E-state index contributed by atoms with van der Waals surface area (Å²) < 4.78 is 0. The first-order valence-electron chi connectivity index (χ1n) is 3.71. The molecule has 0 saturated carbocycles. The summed E-state index contributed by atoms with van der Waals surface area (Å²) in [4.78, 5) is 9.91. The van der Waals surface area contributed by atoms with Gasteiger partial charge in [-0.2, -0.15) is 0 Å². The maximum atomic E-state index is 9.91. The first-order valence-corrected chi connectivity index (χ1v) is 4.47. The maximum Gasteiger partial charge on any atom is 0.202 e. The number of hydrogen-bond acceptors (Lipinski definition) is 1. The van der Waals surface area contributed by atoms with Crippen molar-refractivity contribution >= 4 is 35.6 Å². The van der Waals surface area contributed by atoms with Gasteiger partial charge < -0.3 is 0 Å². The summed E-state index contributed by atoms with van der Waals surface area (Å²) in [5.41, 5.74) is 0.810. The average molecular weight is 214 g/mol. The number of allylic oxidation sites excluding steroid dienone is 1. The molecular weight excluding hydrogens is 207 g/mol. The Labute approximate surface area is 87.0 Å². The Morgan fingerprint density at radius 1 is 1.38 bits per heavy atom. The maximum absolute atomic E-state index is 9.91. The molecule has 0 unspecified atom stereocenters. The second-order valence-corrected chi connectivity index (χ2v) is 3.18. The van der Waals surface area contributed by atoms with E-state index < -0.39 is 0 Å². The van der Waals surface area contributed by atoms with Crippen molar-refractivity contribution in [2.75, 3.05) is 0 Å². The van der Waals surface area contributed by atoms with Gasteiger partial charge in [0.1, 0.15) is 0 Å². The molecule has 1 radical (unpaired) electrons. The van der Waals surface area contributed by atoms with Crippen LogP contribution in [0.25, 0.3) is 6.08 Å². The van der Waals surface area contributed by atoms with Crippen LogP contribution in [0.3, 0.4) is 0 Å². The summed E-state index contributed by atoms with van der Waals surface area (Å²) in [5.74, 6) is 0.